The highest BCUT2D eigenvalue weighted by Crippen LogP contribution is 2.09. The van der Waals surface area contributed by atoms with Crippen molar-refractivity contribution in [1.29, 1.82) is 0 Å². The first-order valence-electron chi connectivity index (χ1n) is 4.98. The topological polar surface area (TPSA) is 51.0 Å². The van der Waals surface area contributed by atoms with Gasteiger partial charge in [0.1, 0.15) is 0 Å². The Balaban J connectivity index is 1.89. The monoisotopic (exact) mass is 235 g/mol. The third-order valence-corrected chi connectivity index (χ3v) is 2.55. The standard InChI is InChI=1S/C11H13N3OS/c1-16-8-10-13-11(15-14-10)7-12-9-5-3-2-4-6-9/h2-6,12H,7-8H2,1H3. The highest BCUT2D eigenvalue weighted by atomic mass is 32.2. The molecule has 0 unspecified atom stereocenters. The van der Waals surface area contributed by atoms with E-state index < -0.39 is 0 Å². The summed E-state index contributed by atoms with van der Waals surface area (Å²) in [5.41, 5.74) is 1.05. The molecule has 1 aromatic carbocycles. The summed E-state index contributed by atoms with van der Waals surface area (Å²) in [6.07, 6.45) is 2.01. The van der Waals surface area contributed by atoms with Crippen molar-refractivity contribution in [2.24, 2.45) is 0 Å². The fourth-order valence-electron chi connectivity index (χ4n) is 1.28. The molecule has 0 aliphatic heterocycles. The second-order valence-corrected chi connectivity index (χ2v) is 4.12. The van der Waals surface area contributed by atoms with Gasteiger partial charge in [-0.05, 0) is 18.4 Å². The van der Waals surface area contributed by atoms with Crippen LogP contribution in [0.25, 0.3) is 0 Å². The van der Waals surface area contributed by atoms with Crippen LogP contribution in [0.15, 0.2) is 34.9 Å². The molecule has 0 spiro atoms. The second kappa shape index (κ2) is 5.55. The molecule has 16 heavy (non-hydrogen) atoms. The number of para-hydroxylation sites is 1. The van der Waals surface area contributed by atoms with Crippen molar-refractivity contribution < 1.29 is 4.52 Å². The number of rotatable bonds is 5. The maximum absolute atomic E-state index is 5.10. The lowest BCUT2D eigenvalue weighted by Gasteiger charge is -2.01. The first-order chi connectivity index (χ1) is 7.88. The first kappa shape index (κ1) is 11.0. The minimum Gasteiger partial charge on any atom is -0.376 e. The van der Waals surface area contributed by atoms with E-state index in [2.05, 4.69) is 15.5 Å². The van der Waals surface area contributed by atoms with E-state index in [-0.39, 0.29) is 0 Å². The smallest absolute Gasteiger partial charge is 0.245 e. The molecular formula is C11H13N3OS. The van der Waals surface area contributed by atoms with Crippen molar-refractivity contribution in [1.82, 2.24) is 10.1 Å². The molecule has 0 saturated carbocycles. The van der Waals surface area contributed by atoms with Gasteiger partial charge in [0.2, 0.25) is 5.89 Å². The fourth-order valence-corrected chi connectivity index (χ4v) is 1.66. The molecule has 1 heterocycles. The number of hydrogen-bond donors (Lipinski definition) is 1. The molecule has 0 bridgehead atoms. The van der Waals surface area contributed by atoms with Crippen LogP contribution in [0.1, 0.15) is 11.7 Å². The minimum atomic E-state index is 0.561. The van der Waals surface area contributed by atoms with Crippen molar-refractivity contribution in [3.8, 4) is 0 Å². The van der Waals surface area contributed by atoms with E-state index in [0.29, 0.717) is 12.4 Å². The van der Waals surface area contributed by atoms with Gasteiger partial charge in [-0.25, -0.2) is 0 Å². The number of hydrogen-bond acceptors (Lipinski definition) is 5. The third kappa shape index (κ3) is 3.00. The molecule has 1 aromatic heterocycles. The van der Waals surface area contributed by atoms with Crippen molar-refractivity contribution in [3.05, 3.63) is 42.0 Å². The fraction of sp³-hybridized carbons (Fsp3) is 0.273. The summed E-state index contributed by atoms with van der Waals surface area (Å²) in [5, 5.41) is 7.08. The molecule has 0 amide bonds. The number of aromatic nitrogens is 2. The predicted octanol–water partition coefficient (Wildman–Crippen LogP) is 2.54. The van der Waals surface area contributed by atoms with Gasteiger partial charge < -0.3 is 9.84 Å². The van der Waals surface area contributed by atoms with Crippen LogP contribution in [0.3, 0.4) is 0 Å². The van der Waals surface area contributed by atoms with Gasteiger partial charge in [-0.2, -0.15) is 16.7 Å². The van der Waals surface area contributed by atoms with E-state index in [1.165, 1.54) is 0 Å². The lowest BCUT2D eigenvalue weighted by atomic mass is 10.3. The lowest BCUT2D eigenvalue weighted by molar-refractivity contribution is 0.379. The van der Waals surface area contributed by atoms with Crippen molar-refractivity contribution >= 4 is 17.4 Å². The summed E-state index contributed by atoms with van der Waals surface area (Å²) in [6, 6.07) is 9.94. The largest absolute Gasteiger partial charge is 0.376 e. The summed E-state index contributed by atoms with van der Waals surface area (Å²) >= 11 is 1.68. The van der Waals surface area contributed by atoms with Gasteiger partial charge >= 0.3 is 0 Å². The molecule has 0 radical (unpaired) electrons. The van der Waals surface area contributed by atoms with E-state index >= 15 is 0 Å². The van der Waals surface area contributed by atoms with Crippen LogP contribution in [0.5, 0.6) is 0 Å². The normalized spacial score (nSPS) is 10.3. The van der Waals surface area contributed by atoms with Gasteiger partial charge in [0.25, 0.3) is 0 Å². The average molecular weight is 235 g/mol. The molecule has 2 aromatic rings. The molecule has 0 saturated heterocycles. The van der Waals surface area contributed by atoms with Crippen LogP contribution in [0, 0.1) is 0 Å². The maximum Gasteiger partial charge on any atom is 0.245 e. The Morgan fingerprint density at radius 2 is 2.12 bits per heavy atom. The van der Waals surface area contributed by atoms with Crippen LogP contribution in [-0.4, -0.2) is 16.4 Å². The molecule has 84 valence electrons. The van der Waals surface area contributed by atoms with Crippen LogP contribution < -0.4 is 5.32 Å². The van der Waals surface area contributed by atoms with E-state index in [4.69, 9.17) is 4.52 Å². The summed E-state index contributed by atoms with van der Waals surface area (Å²) in [4.78, 5) is 4.25. The minimum absolute atomic E-state index is 0.561. The zero-order valence-corrected chi connectivity index (χ0v) is 9.83. The molecule has 0 aliphatic rings. The maximum atomic E-state index is 5.10. The molecule has 1 N–H and O–H groups in total. The number of nitrogens with one attached hydrogen (secondary N) is 1. The number of nitrogens with zero attached hydrogens (tertiary/aromatic N) is 2. The van der Waals surface area contributed by atoms with Crippen LogP contribution in [0.2, 0.25) is 0 Å². The molecule has 0 fully saturated rings. The Morgan fingerprint density at radius 1 is 1.31 bits per heavy atom. The molecule has 0 atom stereocenters. The molecule has 4 nitrogen and oxygen atoms in total. The summed E-state index contributed by atoms with van der Waals surface area (Å²) in [5.74, 6) is 2.15. The van der Waals surface area contributed by atoms with E-state index in [0.717, 1.165) is 17.3 Å². The third-order valence-electron chi connectivity index (χ3n) is 2.00. The van der Waals surface area contributed by atoms with Crippen LogP contribution in [-0.2, 0) is 12.3 Å². The zero-order valence-electron chi connectivity index (χ0n) is 9.01. The molecule has 2 rings (SSSR count). The van der Waals surface area contributed by atoms with Crippen LogP contribution >= 0.6 is 11.8 Å². The number of thioether (sulfide) groups is 1. The highest BCUT2D eigenvalue weighted by molar-refractivity contribution is 7.97. The Bertz CT molecular complexity index is 430. The van der Waals surface area contributed by atoms with Gasteiger partial charge in [-0.1, -0.05) is 23.4 Å². The summed E-state index contributed by atoms with van der Waals surface area (Å²) in [7, 11) is 0. The van der Waals surface area contributed by atoms with Crippen molar-refractivity contribution in [3.63, 3.8) is 0 Å². The number of benzene rings is 1. The molecular weight excluding hydrogens is 222 g/mol. The summed E-state index contributed by atoms with van der Waals surface area (Å²) < 4.78 is 5.10. The summed E-state index contributed by atoms with van der Waals surface area (Å²) in [6.45, 7) is 0.561. The Kier molecular flexibility index (Phi) is 3.82. The average Bonchev–Trinajstić information content (AvgIpc) is 2.76. The van der Waals surface area contributed by atoms with Gasteiger partial charge in [0, 0.05) is 5.69 Å². The van der Waals surface area contributed by atoms with E-state index in [9.17, 15) is 0 Å². The lowest BCUT2D eigenvalue weighted by Crippen LogP contribution is -1.99. The SMILES string of the molecule is CSCc1noc(CNc2ccccc2)n1. The predicted molar refractivity (Wildman–Crippen MR) is 65.3 cm³/mol. The Labute approximate surface area is 98.4 Å². The van der Waals surface area contributed by atoms with Gasteiger partial charge in [0.15, 0.2) is 5.82 Å². The molecule has 5 heteroatoms. The van der Waals surface area contributed by atoms with Gasteiger partial charge in [-0.15, -0.1) is 0 Å². The van der Waals surface area contributed by atoms with Gasteiger partial charge in [-0.3, -0.25) is 0 Å². The van der Waals surface area contributed by atoms with Crippen molar-refractivity contribution in [2.45, 2.75) is 12.3 Å². The second-order valence-electron chi connectivity index (χ2n) is 3.26. The Morgan fingerprint density at radius 3 is 2.88 bits per heavy atom. The van der Waals surface area contributed by atoms with Crippen LogP contribution in [0.4, 0.5) is 5.69 Å². The Hall–Kier alpha value is -1.49. The van der Waals surface area contributed by atoms with E-state index in [1.54, 1.807) is 11.8 Å². The molecule has 0 aliphatic carbocycles. The number of anilines is 1. The van der Waals surface area contributed by atoms with Gasteiger partial charge in [0.05, 0.1) is 12.3 Å². The quantitative estimate of drug-likeness (QED) is 0.863. The first-order valence-corrected chi connectivity index (χ1v) is 6.37. The highest BCUT2D eigenvalue weighted by Gasteiger charge is 2.04. The van der Waals surface area contributed by atoms with Crippen molar-refractivity contribution in [2.75, 3.05) is 11.6 Å². The van der Waals surface area contributed by atoms with E-state index in [1.807, 2.05) is 36.6 Å². The zero-order chi connectivity index (χ0) is 11.2.